The van der Waals surface area contributed by atoms with Crippen LogP contribution >= 0.6 is 0 Å². The predicted octanol–water partition coefficient (Wildman–Crippen LogP) is 1.99. The zero-order valence-electron chi connectivity index (χ0n) is 12.3. The Balaban J connectivity index is 1.96. The van der Waals surface area contributed by atoms with Crippen molar-refractivity contribution >= 4 is 11.9 Å². The fourth-order valence-corrected chi connectivity index (χ4v) is 1.77. The second-order valence-corrected chi connectivity index (χ2v) is 4.67. The van der Waals surface area contributed by atoms with Gasteiger partial charge in [-0.05, 0) is 18.6 Å². The summed E-state index contributed by atoms with van der Waals surface area (Å²) in [5, 5.41) is 14.8. The minimum Gasteiger partial charge on any atom is -0.482 e. The van der Waals surface area contributed by atoms with Crippen molar-refractivity contribution in [3.8, 4) is 5.75 Å². The van der Waals surface area contributed by atoms with Crippen LogP contribution in [0.15, 0.2) is 34.9 Å². The van der Waals surface area contributed by atoms with Gasteiger partial charge in [0.25, 0.3) is 5.91 Å². The Hall–Kier alpha value is -2.90. The minimum absolute atomic E-state index is 0.0480. The molecule has 0 saturated carbocycles. The molecule has 1 aromatic heterocycles. The van der Waals surface area contributed by atoms with Crippen LogP contribution in [0.1, 0.15) is 29.6 Å². The van der Waals surface area contributed by atoms with E-state index in [9.17, 15) is 14.0 Å². The lowest BCUT2D eigenvalue weighted by Crippen LogP contribution is -2.40. The zero-order chi connectivity index (χ0) is 16.8. The average Bonchev–Trinajstić information content (AvgIpc) is 3.00. The second-order valence-electron chi connectivity index (χ2n) is 4.67. The first-order valence-corrected chi connectivity index (χ1v) is 6.87. The number of rotatable bonds is 7. The number of hydrogen-bond donors (Lipinski definition) is 2. The molecular formula is C15H15FN2O5. The Kier molecular flexibility index (Phi) is 5.29. The molecule has 0 saturated heterocycles. The monoisotopic (exact) mass is 322 g/mol. The van der Waals surface area contributed by atoms with Gasteiger partial charge >= 0.3 is 5.97 Å². The lowest BCUT2D eigenvalue weighted by molar-refractivity contribution is -0.139. The highest BCUT2D eigenvalue weighted by Gasteiger charge is 2.21. The number of carboxylic acid groups (broad SMARTS) is 1. The third kappa shape index (κ3) is 4.29. The van der Waals surface area contributed by atoms with Gasteiger partial charge in [-0.1, -0.05) is 24.2 Å². The van der Waals surface area contributed by atoms with Gasteiger partial charge in [-0.3, -0.25) is 4.79 Å². The first-order valence-electron chi connectivity index (χ1n) is 6.87. The number of nitrogens with one attached hydrogen (secondary N) is 1. The smallest absolute Gasteiger partial charge is 0.326 e. The molecule has 1 unspecified atom stereocenters. The normalized spacial score (nSPS) is 11.7. The predicted molar refractivity (Wildman–Crippen MR) is 76.4 cm³/mol. The van der Waals surface area contributed by atoms with E-state index in [-0.39, 0.29) is 30.2 Å². The van der Waals surface area contributed by atoms with Crippen molar-refractivity contribution < 1.29 is 28.3 Å². The molecule has 0 bridgehead atoms. The molecule has 1 aromatic carbocycles. The Labute approximate surface area is 131 Å². The Morgan fingerprint density at radius 1 is 1.43 bits per heavy atom. The quantitative estimate of drug-likeness (QED) is 0.808. The molecule has 8 heteroatoms. The summed E-state index contributed by atoms with van der Waals surface area (Å²) in [6.07, 6.45) is 0.238. The van der Waals surface area contributed by atoms with Crippen LogP contribution in [0.25, 0.3) is 0 Å². The molecule has 7 nitrogen and oxygen atoms in total. The largest absolute Gasteiger partial charge is 0.482 e. The summed E-state index contributed by atoms with van der Waals surface area (Å²) in [7, 11) is 0. The summed E-state index contributed by atoms with van der Waals surface area (Å²) >= 11 is 0. The van der Waals surface area contributed by atoms with Gasteiger partial charge < -0.3 is 19.7 Å². The number of benzene rings is 1. The van der Waals surface area contributed by atoms with Gasteiger partial charge in [-0.25, -0.2) is 9.18 Å². The van der Waals surface area contributed by atoms with Crippen LogP contribution in [-0.4, -0.2) is 28.2 Å². The van der Waals surface area contributed by atoms with Gasteiger partial charge in [-0.2, -0.15) is 0 Å². The molecule has 1 amide bonds. The average molecular weight is 322 g/mol. The third-order valence-corrected chi connectivity index (χ3v) is 3.01. The highest BCUT2D eigenvalue weighted by Crippen LogP contribution is 2.17. The maximum atomic E-state index is 13.4. The lowest BCUT2D eigenvalue weighted by Gasteiger charge is -2.10. The summed E-state index contributed by atoms with van der Waals surface area (Å²) in [5.41, 5.74) is -0.0724. The standard InChI is InChI=1S/C15H15FN2O5/c1-2-11(15(20)21)17-14(19)12-7-9(23-18-12)8-22-13-6-4-3-5-10(13)16/h3-7,11H,2,8H2,1H3,(H,17,19)(H,20,21). The molecule has 0 fully saturated rings. The van der Waals surface area contributed by atoms with E-state index in [1.807, 2.05) is 0 Å². The number of aliphatic carboxylic acids is 1. The first kappa shape index (κ1) is 16.5. The van der Waals surface area contributed by atoms with Gasteiger partial charge in [0.1, 0.15) is 12.6 Å². The van der Waals surface area contributed by atoms with E-state index in [1.165, 1.54) is 24.3 Å². The van der Waals surface area contributed by atoms with Gasteiger partial charge in [0.05, 0.1) is 0 Å². The van der Waals surface area contributed by atoms with Crippen LogP contribution < -0.4 is 10.1 Å². The molecule has 122 valence electrons. The fraction of sp³-hybridized carbons (Fsp3) is 0.267. The van der Waals surface area contributed by atoms with E-state index in [2.05, 4.69) is 10.5 Å². The number of para-hydroxylation sites is 1. The van der Waals surface area contributed by atoms with E-state index in [0.29, 0.717) is 0 Å². The van der Waals surface area contributed by atoms with Crippen molar-refractivity contribution in [3.05, 3.63) is 47.6 Å². The van der Waals surface area contributed by atoms with Crippen molar-refractivity contribution in [2.45, 2.75) is 26.0 Å². The molecule has 1 atom stereocenters. The Morgan fingerprint density at radius 2 is 2.17 bits per heavy atom. The van der Waals surface area contributed by atoms with E-state index < -0.39 is 23.7 Å². The Bertz CT molecular complexity index is 701. The van der Waals surface area contributed by atoms with Gasteiger partial charge in [0.2, 0.25) is 0 Å². The summed E-state index contributed by atoms with van der Waals surface area (Å²) in [6, 6.07) is 6.17. The second kappa shape index (κ2) is 7.39. The maximum Gasteiger partial charge on any atom is 0.326 e. The van der Waals surface area contributed by atoms with Crippen LogP contribution in [0.2, 0.25) is 0 Å². The molecule has 2 rings (SSSR count). The summed E-state index contributed by atoms with van der Waals surface area (Å²) in [4.78, 5) is 22.7. The number of nitrogens with zero attached hydrogens (tertiary/aromatic N) is 1. The van der Waals surface area contributed by atoms with Crippen molar-refractivity contribution in [1.29, 1.82) is 0 Å². The van der Waals surface area contributed by atoms with E-state index in [0.717, 1.165) is 0 Å². The number of aromatic nitrogens is 1. The van der Waals surface area contributed by atoms with Crippen LogP contribution in [0.4, 0.5) is 4.39 Å². The number of carbonyl (C=O) groups is 2. The fourth-order valence-electron chi connectivity index (χ4n) is 1.77. The summed E-state index contributed by atoms with van der Waals surface area (Å²) in [5.74, 6) is -2.06. The van der Waals surface area contributed by atoms with Crippen LogP contribution in [-0.2, 0) is 11.4 Å². The van der Waals surface area contributed by atoms with Gasteiger partial charge in [0.15, 0.2) is 23.0 Å². The van der Waals surface area contributed by atoms with Crippen LogP contribution in [0.3, 0.4) is 0 Å². The third-order valence-electron chi connectivity index (χ3n) is 3.01. The first-order chi connectivity index (χ1) is 11.0. The molecule has 0 aliphatic carbocycles. The maximum absolute atomic E-state index is 13.4. The SMILES string of the molecule is CCC(NC(=O)c1cc(COc2ccccc2F)on1)C(=O)O. The van der Waals surface area contributed by atoms with Gasteiger partial charge in [-0.15, -0.1) is 0 Å². The van der Waals surface area contributed by atoms with Crippen molar-refractivity contribution in [1.82, 2.24) is 10.5 Å². The molecule has 0 spiro atoms. The van der Waals surface area contributed by atoms with E-state index >= 15 is 0 Å². The van der Waals surface area contributed by atoms with Gasteiger partial charge in [0, 0.05) is 6.07 Å². The number of ether oxygens (including phenoxy) is 1. The van der Waals surface area contributed by atoms with E-state index in [4.69, 9.17) is 14.4 Å². The molecule has 2 N–H and O–H groups in total. The molecular weight excluding hydrogens is 307 g/mol. The zero-order valence-corrected chi connectivity index (χ0v) is 12.3. The van der Waals surface area contributed by atoms with Crippen LogP contribution in [0.5, 0.6) is 5.75 Å². The number of carboxylic acids is 1. The highest BCUT2D eigenvalue weighted by molar-refractivity contribution is 5.94. The number of hydrogen-bond acceptors (Lipinski definition) is 5. The molecule has 1 heterocycles. The lowest BCUT2D eigenvalue weighted by atomic mass is 10.2. The van der Waals surface area contributed by atoms with Crippen molar-refractivity contribution in [2.24, 2.45) is 0 Å². The van der Waals surface area contributed by atoms with Crippen molar-refractivity contribution in [2.75, 3.05) is 0 Å². The van der Waals surface area contributed by atoms with E-state index in [1.54, 1.807) is 13.0 Å². The number of halogens is 1. The number of amides is 1. The molecule has 23 heavy (non-hydrogen) atoms. The molecule has 0 aliphatic heterocycles. The van der Waals surface area contributed by atoms with Crippen molar-refractivity contribution in [3.63, 3.8) is 0 Å². The summed E-state index contributed by atoms with van der Waals surface area (Å²) < 4.78 is 23.5. The van der Waals surface area contributed by atoms with Crippen LogP contribution in [0, 0.1) is 5.82 Å². The summed E-state index contributed by atoms with van der Waals surface area (Å²) in [6.45, 7) is 1.52. The minimum atomic E-state index is -1.13. The topological polar surface area (TPSA) is 102 Å². The molecule has 2 aromatic rings. The molecule has 0 aliphatic rings. The Morgan fingerprint density at radius 3 is 2.83 bits per heavy atom. The number of carbonyl (C=O) groups excluding carboxylic acids is 1. The molecule has 0 radical (unpaired) electrons. The highest BCUT2D eigenvalue weighted by atomic mass is 19.1.